The predicted molar refractivity (Wildman–Crippen MR) is 119 cm³/mol. The first-order valence-corrected chi connectivity index (χ1v) is 10.6. The molecule has 3 rings (SSSR count). The van der Waals surface area contributed by atoms with Crippen LogP contribution in [0, 0.1) is 6.92 Å². The lowest BCUT2D eigenvalue weighted by atomic mass is 9.97. The Labute approximate surface area is 175 Å². The van der Waals surface area contributed by atoms with Gasteiger partial charge >= 0.3 is 0 Å². The molecule has 2 aromatic carbocycles. The molecule has 3 N–H and O–H groups in total. The lowest BCUT2D eigenvalue weighted by Gasteiger charge is -2.17. The Balaban J connectivity index is 1.72. The largest absolute Gasteiger partial charge is 0.335 e. The number of nitrogen functional groups attached to an aromatic ring is 1. The summed E-state index contributed by atoms with van der Waals surface area (Å²) in [7, 11) is 0. The van der Waals surface area contributed by atoms with Crippen molar-refractivity contribution in [3.8, 4) is 11.4 Å². The molecule has 0 saturated heterocycles. The number of aryl methyl sites for hydroxylation is 1. The summed E-state index contributed by atoms with van der Waals surface area (Å²) in [4.78, 5) is 12.8. The van der Waals surface area contributed by atoms with Crippen molar-refractivity contribution in [3.63, 3.8) is 0 Å². The van der Waals surface area contributed by atoms with Crippen LogP contribution in [0.25, 0.3) is 11.4 Å². The number of thioether (sulfide) groups is 1. The van der Waals surface area contributed by atoms with Crippen molar-refractivity contribution in [1.29, 1.82) is 0 Å². The Morgan fingerprint density at radius 3 is 2.52 bits per heavy atom. The minimum Gasteiger partial charge on any atom is -0.335 e. The van der Waals surface area contributed by atoms with Gasteiger partial charge in [-0.15, -0.1) is 10.2 Å². The van der Waals surface area contributed by atoms with Crippen LogP contribution >= 0.6 is 11.8 Å². The van der Waals surface area contributed by atoms with E-state index in [1.807, 2.05) is 56.3 Å². The number of benzene rings is 2. The number of hydrogen-bond acceptors (Lipinski definition) is 5. The van der Waals surface area contributed by atoms with Crippen LogP contribution < -0.4 is 11.2 Å². The number of carbonyl (C=O) groups excluding carboxylic acids is 1. The Kier molecular flexibility index (Phi) is 6.59. The molecule has 152 valence electrons. The van der Waals surface area contributed by atoms with Gasteiger partial charge < -0.3 is 11.2 Å². The van der Waals surface area contributed by atoms with Gasteiger partial charge in [0.25, 0.3) is 0 Å². The Morgan fingerprint density at radius 1 is 1.14 bits per heavy atom. The predicted octanol–water partition coefficient (Wildman–Crippen LogP) is 4.60. The summed E-state index contributed by atoms with van der Waals surface area (Å²) in [5, 5.41) is 11.5. The van der Waals surface area contributed by atoms with Crippen LogP contribution in [0.4, 0.5) is 5.69 Å². The Hall–Kier alpha value is -2.80. The first-order valence-electron chi connectivity index (χ1n) is 9.74. The molecular formula is C22H27N5OS. The molecule has 0 aliphatic carbocycles. The van der Waals surface area contributed by atoms with Gasteiger partial charge in [0.1, 0.15) is 0 Å². The number of hydrogen-bond donors (Lipinski definition) is 2. The van der Waals surface area contributed by atoms with Gasteiger partial charge in [-0.2, -0.15) is 0 Å². The highest BCUT2D eigenvalue weighted by Crippen LogP contribution is 2.29. The number of carbonyl (C=O) groups is 1. The van der Waals surface area contributed by atoms with Crippen LogP contribution in [-0.4, -0.2) is 26.0 Å². The lowest BCUT2D eigenvalue weighted by Crippen LogP contribution is -2.24. The number of amides is 1. The monoisotopic (exact) mass is 409 g/mol. The van der Waals surface area contributed by atoms with E-state index in [0.29, 0.717) is 16.9 Å². The van der Waals surface area contributed by atoms with Gasteiger partial charge in [0.15, 0.2) is 5.82 Å². The molecule has 0 saturated carbocycles. The number of nitrogens with one attached hydrogen (secondary N) is 1. The second-order valence-corrected chi connectivity index (χ2v) is 8.50. The van der Waals surface area contributed by atoms with Gasteiger partial charge in [-0.3, -0.25) is 4.79 Å². The molecule has 6 nitrogen and oxygen atoms in total. The first-order chi connectivity index (χ1) is 13.9. The smallest absolute Gasteiger partial charge is 0.237 e. The van der Waals surface area contributed by atoms with Crippen molar-refractivity contribution in [2.24, 2.45) is 0 Å². The maximum Gasteiger partial charge on any atom is 0.237 e. The van der Waals surface area contributed by atoms with E-state index in [9.17, 15) is 4.79 Å². The van der Waals surface area contributed by atoms with Crippen LogP contribution in [0.15, 0.2) is 53.7 Å². The topological polar surface area (TPSA) is 85.8 Å². The number of para-hydroxylation sites is 1. The van der Waals surface area contributed by atoms with Gasteiger partial charge in [-0.25, -0.2) is 4.68 Å². The van der Waals surface area contributed by atoms with Crippen LogP contribution in [-0.2, 0) is 4.79 Å². The van der Waals surface area contributed by atoms with E-state index >= 15 is 0 Å². The molecule has 0 fully saturated rings. The molecule has 0 radical (unpaired) electrons. The van der Waals surface area contributed by atoms with Crippen molar-refractivity contribution < 1.29 is 4.79 Å². The summed E-state index contributed by atoms with van der Waals surface area (Å²) in [6.07, 6.45) is 1.01. The van der Waals surface area contributed by atoms with E-state index < -0.39 is 0 Å². The fourth-order valence-corrected chi connectivity index (χ4v) is 3.73. The van der Waals surface area contributed by atoms with Crippen LogP contribution in [0.5, 0.6) is 0 Å². The molecule has 0 unspecified atom stereocenters. The van der Waals surface area contributed by atoms with Crippen molar-refractivity contribution in [1.82, 2.24) is 14.9 Å². The summed E-state index contributed by atoms with van der Waals surface area (Å²) in [6, 6.07) is 15.9. The summed E-state index contributed by atoms with van der Waals surface area (Å²) in [5.74, 6) is 7.05. The van der Waals surface area contributed by atoms with Crippen molar-refractivity contribution in [3.05, 3.63) is 59.7 Å². The molecule has 3 aromatic rings. The summed E-state index contributed by atoms with van der Waals surface area (Å²) < 4.78 is 1.44. The SMILES string of the molecule is CC[C@@H](C)c1ccccc1NC(=O)[C@@H](C)Sc1nnc(-c2ccc(C)cc2)n1N. The second kappa shape index (κ2) is 9.13. The Bertz CT molecular complexity index is 983. The van der Waals surface area contributed by atoms with Gasteiger partial charge in [0.2, 0.25) is 11.1 Å². The lowest BCUT2D eigenvalue weighted by molar-refractivity contribution is -0.115. The average molecular weight is 410 g/mol. The second-order valence-electron chi connectivity index (χ2n) is 7.19. The molecule has 1 amide bonds. The van der Waals surface area contributed by atoms with Crippen molar-refractivity contribution in [2.75, 3.05) is 11.2 Å². The van der Waals surface area contributed by atoms with Crippen LogP contribution in [0.1, 0.15) is 44.2 Å². The van der Waals surface area contributed by atoms with Gasteiger partial charge in [-0.05, 0) is 37.8 Å². The zero-order valence-corrected chi connectivity index (χ0v) is 18.0. The zero-order valence-electron chi connectivity index (χ0n) is 17.2. The first kappa shape index (κ1) is 20.9. The number of nitrogens with two attached hydrogens (primary N) is 1. The van der Waals surface area contributed by atoms with E-state index in [2.05, 4.69) is 35.4 Å². The quantitative estimate of drug-likeness (QED) is 0.440. The van der Waals surface area contributed by atoms with Crippen LogP contribution in [0.3, 0.4) is 0 Å². The van der Waals surface area contributed by atoms with Crippen molar-refractivity contribution >= 4 is 23.4 Å². The summed E-state index contributed by atoms with van der Waals surface area (Å²) >= 11 is 1.29. The number of aromatic nitrogens is 3. The van der Waals surface area contributed by atoms with Crippen LogP contribution in [0.2, 0.25) is 0 Å². The van der Waals surface area contributed by atoms with Gasteiger partial charge in [0, 0.05) is 11.3 Å². The molecular weight excluding hydrogens is 382 g/mol. The van der Waals surface area contributed by atoms with Gasteiger partial charge in [0.05, 0.1) is 5.25 Å². The molecule has 2 atom stereocenters. The minimum atomic E-state index is -0.377. The molecule has 1 aromatic heterocycles. The number of rotatable bonds is 7. The molecule has 0 aliphatic rings. The number of nitrogens with zero attached hydrogens (tertiary/aromatic N) is 3. The molecule has 29 heavy (non-hydrogen) atoms. The fourth-order valence-electron chi connectivity index (χ4n) is 2.96. The average Bonchev–Trinajstić information content (AvgIpc) is 3.08. The molecule has 1 heterocycles. The molecule has 0 aliphatic heterocycles. The van der Waals surface area contributed by atoms with Crippen molar-refractivity contribution in [2.45, 2.75) is 50.4 Å². The third kappa shape index (κ3) is 4.79. The van der Waals surface area contributed by atoms with E-state index in [1.165, 1.54) is 16.4 Å². The third-order valence-corrected chi connectivity index (χ3v) is 6.04. The minimum absolute atomic E-state index is 0.0920. The fraction of sp³-hybridized carbons (Fsp3) is 0.318. The highest BCUT2D eigenvalue weighted by atomic mass is 32.2. The highest BCUT2D eigenvalue weighted by Gasteiger charge is 2.21. The summed E-state index contributed by atoms with van der Waals surface area (Å²) in [5.41, 5.74) is 4.05. The zero-order chi connectivity index (χ0) is 21.0. The third-order valence-electron chi connectivity index (χ3n) is 4.99. The van der Waals surface area contributed by atoms with E-state index in [-0.39, 0.29) is 11.2 Å². The molecule has 0 bridgehead atoms. The standard InChI is InChI=1S/C22H27N5OS/c1-5-15(3)18-8-6-7-9-19(18)24-21(28)16(4)29-22-26-25-20(27(22)23)17-12-10-14(2)11-13-17/h6-13,15-16H,5,23H2,1-4H3,(H,24,28)/t15-,16-/m1/s1. The molecule has 7 heteroatoms. The molecule has 0 spiro atoms. The van der Waals surface area contributed by atoms with E-state index in [0.717, 1.165) is 28.8 Å². The highest BCUT2D eigenvalue weighted by molar-refractivity contribution is 8.00. The van der Waals surface area contributed by atoms with E-state index in [4.69, 9.17) is 5.84 Å². The maximum atomic E-state index is 12.8. The number of anilines is 1. The normalized spacial score (nSPS) is 13.1. The Morgan fingerprint density at radius 2 is 1.83 bits per heavy atom. The van der Waals surface area contributed by atoms with E-state index in [1.54, 1.807) is 0 Å². The maximum absolute atomic E-state index is 12.8. The summed E-state index contributed by atoms with van der Waals surface area (Å²) in [6.45, 7) is 8.16. The van der Waals surface area contributed by atoms with Gasteiger partial charge in [-0.1, -0.05) is 73.6 Å².